The molecule has 1 aliphatic rings. The van der Waals surface area contributed by atoms with E-state index in [1.165, 1.54) is 25.3 Å². The molecule has 1 aliphatic heterocycles. The molecule has 2 aromatic rings. The molecule has 0 spiro atoms. The second-order valence-corrected chi connectivity index (χ2v) is 7.30. The van der Waals surface area contributed by atoms with Gasteiger partial charge in [0.2, 0.25) is 5.91 Å². The van der Waals surface area contributed by atoms with Crippen molar-refractivity contribution >= 4 is 35.3 Å². The summed E-state index contributed by atoms with van der Waals surface area (Å²) < 4.78 is 32.7. The summed E-state index contributed by atoms with van der Waals surface area (Å²) in [6.07, 6.45) is 3.75. The standard InChI is InChI=1S/C23H26F2N4O3/c1-26-21-6-5-17(12-16(21)4-3-11-30)27-22(31)15-28-7-9-29(10-8-28)18-13-19(24)23(32-2)20(25)14-18/h3-6,11-14,26H,7-10,15H2,1-2H3,(H,27,31)/b4-3-. The Bertz CT molecular complexity index is 982. The van der Waals surface area contributed by atoms with Gasteiger partial charge in [-0.15, -0.1) is 0 Å². The van der Waals surface area contributed by atoms with Crippen molar-refractivity contribution in [2.24, 2.45) is 0 Å². The Morgan fingerprint density at radius 1 is 1.12 bits per heavy atom. The molecule has 1 fully saturated rings. The maximum absolute atomic E-state index is 14.0. The zero-order chi connectivity index (χ0) is 23.1. The summed E-state index contributed by atoms with van der Waals surface area (Å²) in [6, 6.07) is 7.92. The molecule has 0 radical (unpaired) electrons. The molecule has 3 rings (SSSR count). The van der Waals surface area contributed by atoms with Crippen LogP contribution in [0.2, 0.25) is 0 Å². The summed E-state index contributed by atoms with van der Waals surface area (Å²) in [5, 5.41) is 5.91. The summed E-state index contributed by atoms with van der Waals surface area (Å²) in [5.41, 5.74) is 2.70. The van der Waals surface area contributed by atoms with Gasteiger partial charge < -0.3 is 20.3 Å². The Morgan fingerprint density at radius 2 is 1.81 bits per heavy atom. The van der Waals surface area contributed by atoms with E-state index < -0.39 is 17.4 Å². The molecule has 32 heavy (non-hydrogen) atoms. The number of carbonyl (C=O) groups excluding carboxylic acids is 2. The number of hydrogen-bond donors (Lipinski definition) is 2. The third kappa shape index (κ3) is 5.61. The largest absolute Gasteiger partial charge is 0.491 e. The first-order chi connectivity index (χ1) is 15.4. The Morgan fingerprint density at radius 3 is 2.41 bits per heavy atom. The molecule has 2 N–H and O–H groups in total. The molecule has 0 saturated carbocycles. The van der Waals surface area contributed by atoms with E-state index in [-0.39, 0.29) is 12.5 Å². The van der Waals surface area contributed by atoms with Gasteiger partial charge in [-0.2, -0.15) is 0 Å². The number of anilines is 3. The van der Waals surface area contributed by atoms with Crippen LogP contribution in [0.3, 0.4) is 0 Å². The molecule has 0 atom stereocenters. The molecule has 0 aromatic heterocycles. The summed E-state index contributed by atoms with van der Waals surface area (Å²) >= 11 is 0. The molecule has 7 nitrogen and oxygen atoms in total. The van der Waals surface area contributed by atoms with E-state index in [0.717, 1.165) is 11.3 Å². The van der Waals surface area contributed by atoms with E-state index in [1.54, 1.807) is 25.3 Å². The number of benzene rings is 2. The van der Waals surface area contributed by atoms with Gasteiger partial charge in [-0.1, -0.05) is 0 Å². The van der Waals surface area contributed by atoms with Gasteiger partial charge in [0.05, 0.1) is 13.7 Å². The highest BCUT2D eigenvalue weighted by Crippen LogP contribution is 2.28. The number of ether oxygens (including phenoxy) is 1. The minimum absolute atomic E-state index is 0.164. The van der Waals surface area contributed by atoms with E-state index >= 15 is 0 Å². The third-order valence-electron chi connectivity index (χ3n) is 5.25. The lowest BCUT2D eigenvalue weighted by atomic mass is 10.1. The molecule has 9 heteroatoms. The Kier molecular flexibility index (Phi) is 7.77. The maximum atomic E-state index is 14.0. The Balaban J connectivity index is 1.56. The van der Waals surface area contributed by atoms with Crippen molar-refractivity contribution < 1.29 is 23.1 Å². The molecular formula is C23H26F2N4O3. The number of aldehydes is 1. The van der Waals surface area contributed by atoms with Crippen molar-refractivity contribution in [1.29, 1.82) is 0 Å². The lowest BCUT2D eigenvalue weighted by molar-refractivity contribution is -0.117. The predicted molar refractivity (Wildman–Crippen MR) is 121 cm³/mol. The fraction of sp³-hybridized carbons (Fsp3) is 0.304. The molecule has 1 amide bonds. The van der Waals surface area contributed by atoms with Crippen molar-refractivity contribution in [1.82, 2.24) is 4.90 Å². The molecule has 1 saturated heterocycles. The van der Waals surface area contributed by atoms with Gasteiger partial charge in [0.15, 0.2) is 17.4 Å². The number of hydrogen-bond acceptors (Lipinski definition) is 6. The van der Waals surface area contributed by atoms with Crippen LogP contribution in [-0.4, -0.2) is 64.0 Å². The molecule has 1 heterocycles. The van der Waals surface area contributed by atoms with Gasteiger partial charge in [0.25, 0.3) is 0 Å². The number of methoxy groups -OCH3 is 1. The summed E-state index contributed by atoms with van der Waals surface area (Å²) in [6.45, 7) is 2.43. The molecule has 0 unspecified atom stereocenters. The number of allylic oxidation sites excluding steroid dienone is 1. The highest BCUT2D eigenvalue weighted by molar-refractivity contribution is 5.93. The highest BCUT2D eigenvalue weighted by Gasteiger charge is 2.22. The molecule has 0 aliphatic carbocycles. The minimum atomic E-state index is -0.740. The van der Waals surface area contributed by atoms with Crippen LogP contribution in [0.4, 0.5) is 25.8 Å². The molecular weight excluding hydrogens is 418 g/mol. The summed E-state index contributed by atoms with van der Waals surface area (Å²) in [7, 11) is 3.00. The van der Waals surface area contributed by atoms with Crippen LogP contribution in [0.15, 0.2) is 36.4 Å². The predicted octanol–water partition coefficient (Wildman–Crippen LogP) is 2.99. The number of nitrogens with one attached hydrogen (secondary N) is 2. The van der Waals surface area contributed by atoms with Gasteiger partial charge in [-0.05, 0) is 35.9 Å². The van der Waals surface area contributed by atoms with Crippen LogP contribution in [0.25, 0.3) is 6.08 Å². The van der Waals surface area contributed by atoms with Crippen LogP contribution in [0.1, 0.15) is 5.56 Å². The molecule has 0 bridgehead atoms. The van der Waals surface area contributed by atoms with Crippen molar-refractivity contribution in [2.45, 2.75) is 0 Å². The third-order valence-corrected chi connectivity index (χ3v) is 5.25. The fourth-order valence-corrected chi connectivity index (χ4v) is 3.64. The highest BCUT2D eigenvalue weighted by atomic mass is 19.1. The van der Waals surface area contributed by atoms with Crippen LogP contribution in [0.5, 0.6) is 5.75 Å². The van der Waals surface area contributed by atoms with Crippen molar-refractivity contribution in [2.75, 3.05) is 62.4 Å². The average molecular weight is 444 g/mol. The second-order valence-electron chi connectivity index (χ2n) is 7.30. The summed E-state index contributed by atoms with van der Waals surface area (Å²) in [5.74, 6) is -2.04. The number of rotatable bonds is 8. The zero-order valence-electron chi connectivity index (χ0n) is 18.0. The first kappa shape index (κ1) is 23.2. The number of nitrogens with zero attached hydrogens (tertiary/aromatic N) is 2. The molecule has 170 valence electrons. The van der Waals surface area contributed by atoms with E-state index in [0.29, 0.717) is 43.8 Å². The van der Waals surface area contributed by atoms with Crippen molar-refractivity contribution in [3.63, 3.8) is 0 Å². The Hall–Kier alpha value is -3.46. The van der Waals surface area contributed by atoms with Gasteiger partial charge in [-0.3, -0.25) is 14.5 Å². The normalized spacial score (nSPS) is 14.4. The first-order valence-electron chi connectivity index (χ1n) is 10.2. The monoisotopic (exact) mass is 444 g/mol. The number of piperazine rings is 1. The first-order valence-corrected chi connectivity index (χ1v) is 10.2. The Labute approximate surface area is 185 Å². The van der Waals surface area contributed by atoms with Crippen molar-refractivity contribution in [3.05, 3.63) is 53.6 Å². The number of halogens is 2. The maximum Gasteiger partial charge on any atom is 0.238 e. The van der Waals surface area contributed by atoms with E-state index in [4.69, 9.17) is 4.74 Å². The number of carbonyl (C=O) groups is 2. The zero-order valence-corrected chi connectivity index (χ0v) is 18.0. The quantitative estimate of drug-likeness (QED) is 0.482. The lowest BCUT2D eigenvalue weighted by Crippen LogP contribution is -2.48. The van der Waals surface area contributed by atoms with Gasteiger partial charge >= 0.3 is 0 Å². The van der Waals surface area contributed by atoms with Crippen LogP contribution >= 0.6 is 0 Å². The van der Waals surface area contributed by atoms with Gasteiger partial charge in [0, 0.05) is 62.4 Å². The smallest absolute Gasteiger partial charge is 0.238 e. The number of amides is 1. The lowest BCUT2D eigenvalue weighted by Gasteiger charge is -2.35. The SMILES string of the molecule is CNc1ccc(NC(=O)CN2CCN(c3cc(F)c(OC)c(F)c3)CC2)cc1/C=C\C=O. The van der Waals surface area contributed by atoms with Crippen molar-refractivity contribution in [3.8, 4) is 5.75 Å². The van der Waals surface area contributed by atoms with E-state index in [2.05, 4.69) is 10.6 Å². The van der Waals surface area contributed by atoms with E-state index in [1.807, 2.05) is 15.9 Å². The summed E-state index contributed by atoms with van der Waals surface area (Å²) in [4.78, 5) is 27.0. The average Bonchev–Trinajstić information content (AvgIpc) is 2.78. The van der Waals surface area contributed by atoms with Crippen LogP contribution in [0, 0.1) is 11.6 Å². The molecule has 2 aromatic carbocycles. The topological polar surface area (TPSA) is 73.9 Å². The van der Waals surface area contributed by atoms with Crippen LogP contribution < -0.4 is 20.3 Å². The van der Waals surface area contributed by atoms with E-state index in [9.17, 15) is 18.4 Å². The second kappa shape index (κ2) is 10.7. The van der Waals surface area contributed by atoms with Crippen LogP contribution in [-0.2, 0) is 9.59 Å². The van der Waals surface area contributed by atoms with Gasteiger partial charge in [-0.25, -0.2) is 8.78 Å². The van der Waals surface area contributed by atoms with Gasteiger partial charge in [0.1, 0.15) is 6.29 Å². The minimum Gasteiger partial charge on any atom is -0.491 e. The fourth-order valence-electron chi connectivity index (χ4n) is 3.64.